The van der Waals surface area contributed by atoms with Crippen LogP contribution in [-0.4, -0.2) is 31.4 Å². The van der Waals surface area contributed by atoms with Crippen LogP contribution in [0.25, 0.3) is 0 Å². The quantitative estimate of drug-likeness (QED) is 0.870. The van der Waals surface area contributed by atoms with Crippen LogP contribution < -0.4 is 0 Å². The van der Waals surface area contributed by atoms with Crippen molar-refractivity contribution in [2.24, 2.45) is 7.05 Å². The van der Waals surface area contributed by atoms with E-state index >= 15 is 0 Å². The maximum Gasteiger partial charge on any atom is 0.319 e. The predicted octanol–water partition coefficient (Wildman–Crippen LogP) is 1.70. The van der Waals surface area contributed by atoms with Crippen molar-refractivity contribution in [1.29, 1.82) is 0 Å². The molecule has 4 nitrogen and oxygen atoms in total. The van der Waals surface area contributed by atoms with Gasteiger partial charge in [0.2, 0.25) is 0 Å². The van der Waals surface area contributed by atoms with E-state index in [2.05, 4.69) is 5.10 Å². The van der Waals surface area contributed by atoms with Crippen molar-refractivity contribution in [2.75, 3.05) is 5.75 Å². The van der Waals surface area contributed by atoms with Crippen LogP contribution >= 0.6 is 11.8 Å². The van der Waals surface area contributed by atoms with Crippen LogP contribution in [-0.2, 0) is 18.3 Å². The van der Waals surface area contributed by atoms with Gasteiger partial charge in [-0.1, -0.05) is 0 Å². The van der Waals surface area contributed by atoms with Crippen molar-refractivity contribution >= 4 is 17.7 Å². The van der Waals surface area contributed by atoms with Crippen molar-refractivity contribution in [3.63, 3.8) is 0 Å². The van der Waals surface area contributed by atoms with Crippen molar-refractivity contribution in [3.05, 3.63) is 18.0 Å². The summed E-state index contributed by atoms with van der Waals surface area (Å²) in [5, 5.41) is 13.4. The van der Waals surface area contributed by atoms with Gasteiger partial charge in [-0.2, -0.15) is 5.10 Å². The van der Waals surface area contributed by atoms with Crippen LogP contribution in [0.5, 0.6) is 0 Å². The first kappa shape index (κ1) is 11.5. The molecule has 0 saturated carbocycles. The summed E-state index contributed by atoms with van der Waals surface area (Å²) in [5.41, 5.74) is 1.12. The number of rotatable bonds is 4. The van der Waals surface area contributed by atoms with Gasteiger partial charge in [0, 0.05) is 13.2 Å². The van der Waals surface area contributed by atoms with Crippen molar-refractivity contribution in [2.45, 2.75) is 30.4 Å². The van der Waals surface area contributed by atoms with Gasteiger partial charge in [-0.05, 0) is 37.0 Å². The van der Waals surface area contributed by atoms with E-state index in [-0.39, 0.29) is 0 Å². The van der Waals surface area contributed by atoms with Gasteiger partial charge in [0.05, 0.1) is 6.20 Å². The Labute approximate surface area is 99.0 Å². The molecule has 1 aliphatic rings. The molecule has 2 rings (SSSR count). The van der Waals surface area contributed by atoms with Crippen LogP contribution in [0.4, 0.5) is 0 Å². The summed E-state index contributed by atoms with van der Waals surface area (Å²) >= 11 is 1.60. The van der Waals surface area contributed by atoms with Crippen LogP contribution in [0, 0.1) is 0 Å². The van der Waals surface area contributed by atoms with E-state index < -0.39 is 10.7 Å². The SMILES string of the molecule is Cn1cc(CCC2(C(=O)O)CCCS2)cn1. The van der Waals surface area contributed by atoms with Gasteiger partial charge >= 0.3 is 5.97 Å². The highest BCUT2D eigenvalue weighted by molar-refractivity contribution is 8.01. The molecule has 5 heteroatoms. The molecule has 0 aliphatic carbocycles. The van der Waals surface area contributed by atoms with E-state index in [1.807, 2.05) is 19.4 Å². The number of carbonyl (C=O) groups is 1. The number of carboxylic acid groups (broad SMARTS) is 1. The van der Waals surface area contributed by atoms with Crippen LogP contribution in [0.2, 0.25) is 0 Å². The molecule has 1 atom stereocenters. The summed E-state index contributed by atoms with van der Waals surface area (Å²) < 4.78 is 1.21. The number of aliphatic carboxylic acids is 1. The molecule has 16 heavy (non-hydrogen) atoms. The van der Waals surface area contributed by atoms with Gasteiger partial charge < -0.3 is 5.11 Å². The largest absolute Gasteiger partial charge is 0.480 e. The summed E-state index contributed by atoms with van der Waals surface area (Å²) in [6, 6.07) is 0. The molecule has 2 heterocycles. The normalized spacial score (nSPS) is 24.8. The summed E-state index contributed by atoms with van der Waals surface area (Å²) in [6.45, 7) is 0. The lowest BCUT2D eigenvalue weighted by Gasteiger charge is -2.22. The number of aromatic nitrogens is 2. The molecular weight excluding hydrogens is 224 g/mol. The molecular formula is C11H16N2O2S. The van der Waals surface area contributed by atoms with E-state index in [0.29, 0.717) is 6.42 Å². The molecule has 88 valence electrons. The second-order valence-electron chi connectivity index (χ2n) is 4.27. The smallest absolute Gasteiger partial charge is 0.319 e. The van der Waals surface area contributed by atoms with E-state index in [4.69, 9.17) is 0 Å². The molecule has 0 spiro atoms. The molecule has 1 aromatic heterocycles. The lowest BCUT2D eigenvalue weighted by atomic mass is 9.96. The second kappa shape index (κ2) is 4.49. The Bertz CT molecular complexity index is 383. The molecule has 1 aromatic rings. The summed E-state index contributed by atoms with van der Waals surface area (Å²) in [7, 11) is 1.88. The minimum absolute atomic E-state index is 0.546. The summed E-state index contributed by atoms with van der Waals surface area (Å²) in [5.74, 6) is 0.318. The highest BCUT2D eigenvalue weighted by atomic mass is 32.2. The van der Waals surface area contributed by atoms with E-state index in [0.717, 1.165) is 30.6 Å². The topological polar surface area (TPSA) is 55.1 Å². The maximum atomic E-state index is 11.3. The number of hydrogen-bond donors (Lipinski definition) is 1. The third-order valence-electron chi connectivity index (χ3n) is 3.07. The van der Waals surface area contributed by atoms with E-state index in [1.54, 1.807) is 16.4 Å². The molecule has 1 unspecified atom stereocenters. The number of thioether (sulfide) groups is 1. The van der Waals surface area contributed by atoms with Crippen LogP contribution in [0.3, 0.4) is 0 Å². The lowest BCUT2D eigenvalue weighted by Crippen LogP contribution is -2.32. The zero-order chi connectivity index (χ0) is 11.6. The number of carboxylic acids is 1. The highest BCUT2D eigenvalue weighted by Gasteiger charge is 2.41. The number of nitrogens with zero attached hydrogens (tertiary/aromatic N) is 2. The van der Waals surface area contributed by atoms with Gasteiger partial charge in [-0.15, -0.1) is 11.8 Å². The van der Waals surface area contributed by atoms with Crippen LogP contribution in [0.1, 0.15) is 24.8 Å². The fourth-order valence-electron chi connectivity index (χ4n) is 2.12. The maximum absolute atomic E-state index is 11.3. The third-order valence-corrected chi connectivity index (χ3v) is 4.70. The van der Waals surface area contributed by atoms with Gasteiger partial charge in [0.1, 0.15) is 4.75 Å². The van der Waals surface area contributed by atoms with Gasteiger partial charge in [-0.3, -0.25) is 9.48 Å². The Kier molecular flexibility index (Phi) is 3.23. The standard InChI is InChI=1S/C11H16N2O2S/c1-13-8-9(7-12-13)3-5-11(10(14)15)4-2-6-16-11/h7-8H,2-6H2,1H3,(H,14,15). The zero-order valence-corrected chi connectivity index (χ0v) is 10.2. The summed E-state index contributed by atoms with van der Waals surface area (Å²) in [6.07, 6.45) is 7.09. The average molecular weight is 240 g/mol. The highest BCUT2D eigenvalue weighted by Crippen LogP contribution is 2.41. The Morgan fingerprint density at radius 2 is 2.56 bits per heavy atom. The molecule has 1 fully saturated rings. The molecule has 1 aliphatic heterocycles. The minimum atomic E-state index is -0.654. The number of hydrogen-bond acceptors (Lipinski definition) is 3. The lowest BCUT2D eigenvalue weighted by molar-refractivity contribution is -0.140. The Morgan fingerprint density at radius 1 is 1.75 bits per heavy atom. The number of aryl methyl sites for hydroxylation is 2. The van der Waals surface area contributed by atoms with Gasteiger partial charge in [0.15, 0.2) is 0 Å². The van der Waals surface area contributed by atoms with Crippen molar-refractivity contribution in [1.82, 2.24) is 9.78 Å². The van der Waals surface area contributed by atoms with E-state index in [9.17, 15) is 9.90 Å². The molecule has 0 amide bonds. The van der Waals surface area contributed by atoms with E-state index in [1.165, 1.54) is 0 Å². The minimum Gasteiger partial charge on any atom is -0.480 e. The van der Waals surface area contributed by atoms with Gasteiger partial charge in [-0.25, -0.2) is 0 Å². The third kappa shape index (κ3) is 2.24. The molecule has 1 saturated heterocycles. The Balaban J connectivity index is 1.99. The first-order valence-corrected chi connectivity index (χ1v) is 6.46. The Morgan fingerprint density at radius 3 is 3.06 bits per heavy atom. The first-order valence-electron chi connectivity index (χ1n) is 5.47. The Hall–Kier alpha value is -0.970. The average Bonchev–Trinajstić information content (AvgIpc) is 2.84. The van der Waals surface area contributed by atoms with Crippen molar-refractivity contribution < 1.29 is 9.90 Å². The fourth-order valence-corrected chi connectivity index (χ4v) is 3.46. The van der Waals surface area contributed by atoms with Crippen LogP contribution in [0.15, 0.2) is 12.4 Å². The molecule has 0 bridgehead atoms. The monoisotopic (exact) mass is 240 g/mol. The zero-order valence-electron chi connectivity index (χ0n) is 9.35. The summed E-state index contributed by atoms with van der Waals surface area (Å²) in [4.78, 5) is 11.3. The molecule has 0 radical (unpaired) electrons. The van der Waals surface area contributed by atoms with Crippen molar-refractivity contribution in [3.8, 4) is 0 Å². The second-order valence-corrected chi connectivity index (χ2v) is 5.75. The van der Waals surface area contributed by atoms with Gasteiger partial charge in [0.25, 0.3) is 0 Å². The predicted molar refractivity (Wildman–Crippen MR) is 63.6 cm³/mol. The molecule has 1 N–H and O–H groups in total. The first-order chi connectivity index (χ1) is 7.62. The molecule has 0 aromatic carbocycles. The fraction of sp³-hybridized carbons (Fsp3) is 0.636.